The van der Waals surface area contributed by atoms with Gasteiger partial charge in [-0.05, 0) is 32.6 Å². The van der Waals surface area contributed by atoms with E-state index in [-0.39, 0.29) is 11.9 Å². The van der Waals surface area contributed by atoms with Crippen LogP contribution in [0, 0.1) is 18.3 Å². The maximum atomic E-state index is 9.65. The molecule has 0 spiro atoms. The molecule has 1 fully saturated rings. The first-order valence-corrected chi connectivity index (χ1v) is 6.72. The van der Waals surface area contributed by atoms with Crippen molar-refractivity contribution in [3.05, 3.63) is 11.3 Å². The lowest BCUT2D eigenvalue weighted by Gasteiger charge is -2.35. The van der Waals surface area contributed by atoms with Crippen molar-refractivity contribution in [2.45, 2.75) is 32.8 Å². The number of hydrogen-bond acceptors (Lipinski definition) is 4. The summed E-state index contributed by atoms with van der Waals surface area (Å²) in [4.78, 5) is 2.22. The van der Waals surface area contributed by atoms with Crippen LogP contribution in [0.25, 0.3) is 0 Å². The van der Waals surface area contributed by atoms with Gasteiger partial charge in [0.15, 0.2) is 0 Å². The number of hydrogen-bond donors (Lipinski definition) is 3. The Morgan fingerprint density at radius 1 is 1.47 bits per heavy atom. The predicted octanol–water partition coefficient (Wildman–Crippen LogP) is 0.610. The average Bonchev–Trinajstić information content (AvgIpc) is 2.64. The molecule has 4 N–H and O–H groups in total. The van der Waals surface area contributed by atoms with E-state index in [1.165, 1.54) is 0 Å². The molecule has 0 radical (unpaired) electrons. The van der Waals surface area contributed by atoms with E-state index in [2.05, 4.69) is 10.00 Å². The molecule has 1 saturated heterocycles. The predicted molar refractivity (Wildman–Crippen MR) is 75.6 cm³/mol. The molecule has 0 aliphatic carbocycles. The highest BCUT2D eigenvalue weighted by molar-refractivity contribution is 6.00. The molecule has 0 saturated carbocycles. The van der Waals surface area contributed by atoms with Crippen LogP contribution in [-0.4, -0.2) is 39.9 Å². The van der Waals surface area contributed by atoms with Gasteiger partial charge in [-0.25, -0.2) is 0 Å². The van der Waals surface area contributed by atoms with Gasteiger partial charge in [0.2, 0.25) is 0 Å². The van der Waals surface area contributed by atoms with Crippen LogP contribution in [0.2, 0.25) is 0 Å². The zero-order valence-electron chi connectivity index (χ0n) is 11.8. The number of anilines is 1. The van der Waals surface area contributed by atoms with Crippen LogP contribution >= 0.6 is 0 Å². The molecule has 1 aliphatic heterocycles. The Morgan fingerprint density at radius 2 is 2.05 bits per heavy atom. The summed E-state index contributed by atoms with van der Waals surface area (Å²) in [6, 6.07) is 0. The van der Waals surface area contributed by atoms with Crippen LogP contribution in [-0.2, 0) is 7.05 Å². The molecule has 1 aliphatic rings. The molecule has 0 amide bonds. The smallest absolute Gasteiger partial charge is 0.137 e. The summed E-state index contributed by atoms with van der Waals surface area (Å²) in [5.74, 6) is 1.36. The van der Waals surface area contributed by atoms with Gasteiger partial charge in [-0.1, -0.05) is 0 Å². The summed E-state index contributed by atoms with van der Waals surface area (Å²) in [5, 5.41) is 21.7. The van der Waals surface area contributed by atoms with Crippen molar-refractivity contribution in [3.63, 3.8) is 0 Å². The van der Waals surface area contributed by atoms with Crippen LogP contribution in [0.4, 0.5) is 5.82 Å². The maximum absolute atomic E-state index is 9.65. The van der Waals surface area contributed by atoms with Gasteiger partial charge >= 0.3 is 0 Å². The van der Waals surface area contributed by atoms with E-state index in [0.717, 1.165) is 43.0 Å². The molecule has 2 rings (SSSR count). The number of aryl methyl sites for hydroxylation is 2. The summed E-state index contributed by atoms with van der Waals surface area (Å²) in [6.45, 7) is 5.47. The van der Waals surface area contributed by atoms with E-state index in [9.17, 15) is 5.11 Å². The Morgan fingerprint density at radius 3 is 2.53 bits per heavy atom. The van der Waals surface area contributed by atoms with Gasteiger partial charge < -0.3 is 15.7 Å². The van der Waals surface area contributed by atoms with Gasteiger partial charge in [0.1, 0.15) is 11.7 Å². The second kappa shape index (κ2) is 5.21. The van der Waals surface area contributed by atoms with E-state index >= 15 is 0 Å². The largest absolute Gasteiger partial charge is 0.393 e. The topological polar surface area (TPSA) is 91.2 Å². The Balaban J connectivity index is 2.22. The van der Waals surface area contributed by atoms with Crippen LogP contribution in [0.5, 0.6) is 0 Å². The number of piperidine rings is 1. The number of nitrogens with zero attached hydrogens (tertiary/aromatic N) is 3. The molecular formula is C13H23N5O. The maximum Gasteiger partial charge on any atom is 0.137 e. The van der Waals surface area contributed by atoms with Crippen molar-refractivity contribution in [2.75, 3.05) is 18.0 Å². The van der Waals surface area contributed by atoms with Crippen LogP contribution in [0.3, 0.4) is 0 Å². The lowest BCUT2D eigenvalue weighted by atomic mass is 9.92. The number of aliphatic hydroxyl groups is 1. The molecule has 1 unspecified atom stereocenters. The number of nitrogens with two attached hydrogens (primary N) is 1. The quantitative estimate of drug-likeness (QED) is 0.551. The highest BCUT2D eigenvalue weighted by Gasteiger charge is 2.27. The third-order valence-corrected chi connectivity index (χ3v) is 3.98. The zero-order valence-corrected chi connectivity index (χ0v) is 11.8. The third-order valence-electron chi connectivity index (χ3n) is 3.98. The summed E-state index contributed by atoms with van der Waals surface area (Å²) in [5.41, 5.74) is 7.20. The number of nitrogens with one attached hydrogen (secondary N) is 1. The normalized spacial score (nSPS) is 18.6. The first kappa shape index (κ1) is 13.9. The highest BCUT2D eigenvalue weighted by atomic mass is 16.3. The van der Waals surface area contributed by atoms with Crippen molar-refractivity contribution in [1.82, 2.24) is 9.78 Å². The fraction of sp³-hybridized carbons (Fsp3) is 0.692. The van der Waals surface area contributed by atoms with Gasteiger partial charge in [-0.3, -0.25) is 10.1 Å². The van der Waals surface area contributed by atoms with Gasteiger partial charge in [0, 0.05) is 20.1 Å². The minimum absolute atomic E-state index is 0.0678. The number of aliphatic hydroxyl groups excluding tert-OH is 1. The van der Waals surface area contributed by atoms with Gasteiger partial charge in [0.05, 0.1) is 17.4 Å². The van der Waals surface area contributed by atoms with Crippen molar-refractivity contribution in [2.24, 2.45) is 18.7 Å². The molecule has 19 heavy (non-hydrogen) atoms. The standard InChI is InChI=1S/C13H23N5O/c1-8-11(12(14)15)13(17(3)16-8)18-6-4-10(5-7-18)9(2)19/h9-10,19H,4-7H2,1-3H3,(H3,14,15). The van der Waals surface area contributed by atoms with Gasteiger partial charge in [-0.15, -0.1) is 0 Å². The van der Waals surface area contributed by atoms with Gasteiger partial charge in [0.25, 0.3) is 0 Å². The molecule has 1 atom stereocenters. The summed E-state index contributed by atoms with van der Waals surface area (Å²) >= 11 is 0. The molecule has 6 nitrogen and oxygen atoms in total. The average molecular weight is 265 g/mol. The second-order valence-corrected chi connectivity index (χ2v) is 5.39. The Labute approximate surface area is 113 Å². The number of nitrogen functional groups attached to an aromatic ring is 1. The number of aromatic nitrogens is 2. The molecule has 1 aromatic rings. The molecular weight excluding hydrogens is 242 g/mol. The minimum atomic E-state index is -0.247. The lowest BCUT2D eigenvalue weighted by Crippen LogP contribution is -2.39. The summed E-state index contributed by atoms with van der Waals surface area (Å²) < 4.78 is 1.80. The Kier molecular flexibility index (Phi) is 3.80. The van der Waals surface area contributed by atoms with Crippen LogP contribution in [0.1, 0.15) is 31.0 Å². The van der Waals surface area contributed by atoms with E-state index < -0.39 is 0 Å². The van der Waals surface area contributed by atoms with Crippen LogP contribution in [0.15, 0.2) is 0 Å². The van der Waals surface area contributed by atoms with Crippen molar-refractivity contribution in [1.29, 1.82) is 5.41 Å². The molecule has 106 valence electrons. The fourth-order valence-corrected chi connectivity index (χ4v) is 2.92. The molecule has 1 aromatic heterocycles. The molecule has 0 aromatic carbocycles. The zero-order chi connectivity index (χ0) is 14.2. The second-order valence-electron chi connectivity index (χ2n) is 5.39. The van der Waals surface area contributed by atoms with Gasteiger partial charge in [-0.2, -0.15) is 5.10 Å². The monoisotopic (exact) mass is 265 g/mol. The highest BCUT2D eigenvalue weighted by Crippen LogP contribution is 2.28. The minimum Gasteiger partial charge on any atom is -0.393 e. The van der Waals surface area contributed by atoms with Crippen LogP contribution < -0.4 is 10.6 Å². The van der Waals surface area contributed by atoms with E-state index in [1.807, 2.05) is 20.9 Å². The van der Waals surface area contributed by atoms with Crippen molar-refractivity contribution in [3.8, 4) is 0 Å². The lowest BCUT2D eigenvalue weighted by molar-refractivity contribution is 0.109. The SMILES string of the molecule is Cc1nn(C)c(N2CCC(C(C)O)CC2)c1C(=N)N. The molecule has 6 heteroatoms. The third kappa shape index (κ3) is 2.58. The first-order chi connectivity index (χ1) is 8.91. The Bertz CT molecular complexity index is 472. The first-order valence-electron chi connectivity index (χ1n) is 6.72. The summed E-state index contributed by atoms with van der Waals surface area (Å²) in [6.07, 6.45) is 1.67. The number of rotatable bonds is 3. The van der Waals surface area contributed by atoms with E-state index in [0.29, 0.717) is 5.92 Å². The Hall–Kier alpha value is -1.56. The van der Waals surface area contributed by atoms with E-state index in [4.69, 9.17) is 11.1 Å². The fourth-order valence-electron chi connectivity index (χ4n) is 2.92. The molecule has 0 bridgehead atoms. The van der Waals surface area contributed by atoms with Crippen molar-refractivity contribution < 1.29 is 5.11 Å². The van der Waals surface area contributed by atoms with E-state index in [1.54, 1.807) is 4.68 Å². The molecule has 2 heterocycles. The summed E-state index contributed by atoms with van der Waals surface area (Å²) in [7, 11) is 1.88. The number of amidine groups is 1. The van der Waals surface area contributed by atoms with Crippen molar-refractivity contribution >= 4 is 11.7 Å².